The van der Waals surface area contributed by atoms with Gasteiger partial charge in [-0.25, -0.2) is 4.39 Å². The maximum atomic E-state index is 13.1. The van der Waals surface area contributed by atoms with Crippen LogP contribution >= 0.6 is 11.6 Å². The number of nitrogens with zero attached hydrogens (tertiary/aromatic N) is 1. The van der Waals surface area contributed by atoms with Crippen molar-refractivity contribution in [2.24, 2.45) is 5.92 Å². The molecule has 114 valence electrons. The number of rotatable bonds is 3. The summed E-state index contributed by atoms with van der Waals surface area (Å²) in [7, 11) is 0. The average Bonchev–Trinajstić information content (AvgIpc) is 2.81. The zero-order valence-corrected chi connectivity index (χ0v) is 12.5. The molecule has 1 aliphatic heterocycles. The highest BCUT2D eigenvalue weighted by Gasteiger charge is 2.45. The van der Waals surface area contributed by atoms with Crippen LogP contribution in [-0.4, -0.2) is 28.1 Å². The number of carboxylic acids is 1. The Morgan fingerprint density at radius 2 is 2.14 bits per heavy atom. The van der Waals surface area contributed by atoms with Gasteiger partial charge in [-0.05, 0) is 42.9 Å². The van der Waals surface area contributed by atoms with Gasteiger partial charge in [0.1, 0.15) is 11.9 Å². The maximum Gasteiger partial charge on any atom is 0.320 e. The zero-order chi connectivity index (χ0) is 15.0. The molecule has 3 unspecified atom stereocenters. The Kier molecular flexibility index (Phi) is 4.18. The Hall–Kier alpha value is -1.13. The average molecular weight is 312 g/mol. The van der Waals surface area contributed by atoms with Crippen LogP contribution < -0.4 is 0 Å². The molecule has 0 aromatic heterocycles. The van der Waals surface area contributed by atoms with E-state index in [0.29, 0.717) is 23.5 Å². The molecule has 0 bridgehead atoms. The first-order chi connectivity index (χ1) is 10.1. The SMILES string of the molecule is O=C(O)C1CC2CCCCC2N1Cc1ccc(F)cc1Cl. The van der Waals surface area contributed by atoms with Crippen LogP contribution in [0.3, 0.4) is 0 Å². The topological polar surface area (TPSA) is 40.5 Å². The van der Waals surface area contributed by atoms with Crippen molar-refractivity contribution >= 4 is 17.6 Å². The van der Waals surface area contributed by atoms with E-state index in [9.17, 15) is 14.3 Å². The molecule has 1 aliphatic carbocycles. The molecule has 5 heteroatoms. The van der Waals surface area contributed by atoms with E-state index in [1.54, 1.807) is 6.07 Å². The lowest BCUT2D eigenvalue weighted by Crippen LogP contribution is -2.41. The predicted octanol–water partition coefficient (Wildman–Crippen LogP) is 3.70. The molecule has 3 atom stereocenters. The van der Waals surface area contributed by atoms with Gasteiger partial charge in [-0.1, -0.05) is 30.5 Å². The Morgan fingerprint density at radius 1 is 1.38 bits per heavy atom. The smallest absolute Gasteiger partial charge is 0.320 e. The minimum absolute atomic E-state index is 0.320. The molecule has 3 rings (SSSR count). The van der Waals surface area contributed by atoms with Crippen molar-refractivity contribution in [2.45, 2.75) is 50.7 Å². The Balaban J connectivity index is 1.84. The molecular weight excluding hydrogens is 293 g/mol. The number of benzene rings is 1. The van der Waals surface area contributed by atoms with Crippen molar-refractivity contribution in [3.8, 4) is 0 Å². The minimum Gasteiger partial charge on any atom is -0.480 e. The summed E-state index contributed by atoms with van der Waals surface area (Å²) in [5, 5.41) is 9.86. The summed E-state index contributed by atoms with van der Waals surface area (Å²) in [6.45, 7) is 0.483. The number of likely N-dealkylation sites (tertiary alicyclic amines) is 1. The lowest BCUT2D eigenvalue weighted by Gasteiger charge is -2.33. The fraction of sp³-hybridized carbons (Fsp3) is 0.562. The number of carbonyl (C=O) groups is 1. The number of hydrogen-bond donors (Lipinski definition) is 1. The van der Waals surface area contributed by atoms with Gasteiger partial charge < -0.3 is 5.11 Å². The fourth-order valence-corrected chi connectivity index (χ4v) is 4.10. The first kappa shape index (κ1) is 14.8. The van der Waals surface area contributed by atoms with E-state index in [1.165, 1.54) is 18.6 Å². The van der Waals surface area contributed by atoms with E-state index in [-0.39, 0.29) is 5.82 Å². The lowest BCUT2D eigenvalue weighted by molar-refractivity contribution is -0.142. The van der Waals surface area contributed by atoms with Crippen molar-refractivity contribution in [3.63, 3.8) is 0 Å². The molecule has 1 N–H and O–H groups in total. The third-order valence-electron chi connectivity index (χ3n) is 4.87. The molecule has 21 heavy (non-hydrogen) atoms. The Bertz CT molecular complexity index is 551. The molecule has 1 aromatic rings. The predicted molar refractivity (Wildman–Crippen MR) is 78.7 cm³/mol. The second-order valence-corrected chi connectivity index (χ2v) is 6.52. The fourth-order valence-electron chi connectivity index (χ4n) is 3.87. The lowest BCUT2D eigenvalue weighted by atomic mass is 9.84. The van der Waals surface area contributed by atoms with Crippen LogP contribution in [0.5, 0.6) is 0 Å². The Labute approximate surface area is 128 Å². The van der Waals surface area contributed by atoms with Gasteiger partial charge in [0.25, 0.3) is 0 Å². The zero-order valence-electron chi connectivity index (χ0n) is 11.8. The van der Waals surface area contributed by atoms with Gasteiger partial charge in [-0.15, -0.1) is 0 Å². The van der Waals surface area contributed by atoms with Gasteiger partial charge in [0, 0.05) is 17.6 Å². The van der Waals surface area contributed by atoms with Crippen LogP contribution in [-0.2, 0) is 11.3 Å². The molecule has 3 nitrogen and oxygen atoms in total. The van der Waals surface area contributed by atoms with Crippen molar-refractivity contribution in [2.75, 3.05) is 0 Å². The molecule has 1 saturated carbocycles. The summed E-state index contributed by atoms with van der Waals surface area (Å²) >= 11 is 6.10. The number of hydrogen-bond acceptors (Lipinski definition) is 2. The summed E-state index contributed by atoms with van der Waals surface area (Å²) in [6, 6.07) is 4.21. The van der Waals surface area contributed by atoms with Crippen LogP contribution in [0.2, 0.25) is 5.02 Å². The summed E-state index contributed by atoms with van der Waals surface area (Å²) < 4.78 is 13.1. The summed E-state index contributed by atoms with van der Waals surface area (Å²) in [6.07, 6.45) is 5.23. The van der Waals surface area contributed by atoms with E-state index in [1.807, 2.05) is 0 Å². The van der Waals surface area contributed by atoms with Crippen LogP contribution in [0.1, 0.15) is 37.7 Å². The first-order valence-electron chi connectivity index (χ1n) is 7.48. The molecule has 0 amide bonds. The van der Waals surface area contributed by atoms with Crippen molar-refractivity contribution in [3.05, 3.63) is 34.6 Å². The third kappa shape index (κ3) is 2.92. The third-order valence-corrected chi connectivity index (χ3v) is 5.23. The second kappa shape index (κ2) is 5.93. The van der Waals surface area contributed by atoms with Gasteiger partial charge in [0.15, 0.2) is 0 Å². The van der Waals surface area contributed by atoms with Gasteiger partial charge >= 0.3 is 5.97 Å². The quantitative estimate of drug-likeness (QED) is 0.925. The molecule has 0 radical (unpaired) electrons. The first-order valence-corrected chi connectivity index (χ1v) is 7.86. The number of carboxylic acid groups (broad SMARTS) is 1. The standard InChI is InChI=1S/C16H19ClFNO2/c17-13-8-12(18)6-5-11(13)9-19-14-4-2-1-3-10(14)7-15(19)16(20)21/h5-6,8,10,14-15H,1-4,7,9H2,(H,20,21). The van der Waals surface area contributed by atoms with E-state index in [0.717, 1.165) is 31.2 Å². The van der Waals surface area contributed by atoms with Gasteiger partial charge in [0.2, 0.25) is 0 Å². The van der Waals surface area contributed by atoms with E-state index in [4.69, 9.17) is 11.6 Å². The van der Waals surface area contributed by atoms with Crippen LogP contribution in [0.4, 0.5) is 4.39 Å². The molecular formula is C16H19ClFNO2. The Morgan fingerprint density at radius 3 is 2.86 bits per heavy atom. The number of aliphatic carboxylic acids is 1. The summed E-state index contributed by atoms with van der Waals surface area (Å²) in [5.41, 5.74) is 0.801. The monoisotopic (exact) mass is 311 g/mol. The highest BCUT2D eigenvalue weighted by atomic mass is 35.5. The molecule has 2 aliphatic rings. The van der Waals surface area contributed by atoms with E-state index in [2.05, 4.69) is 4.90 Å². The molecule has 1 heterocycles. The molecule has 2 fully saturated rings. The largest absolute Gasteiger partial charge is 0.480 e. The highest BCUT2D eigenvalue weighted by Crippen LogP contribution is 2.41. The molecule has 0 spiro atoms. The summed E-state index contributed by atoms with van der Waals surface area (Å²) in [5.74, 6) is -0.655. The highest BCUT2D eigenvalue weighted by molar-refractivity contribution is 6.31. The van der Waals surface area contributed by atoms with Gasteiger partial charge in [-0.3, -0.25) is 9.69 Å². The number of fused-ring (bicyclic) bond motifs is 1. The molecule has 1 aromatic carbocycles. The van der Waals surface area contributed by atoms with Gasteiger partial charge in [-0.2, -0.15) is 0 Å². The van der Waals surface area contributed by atoms with Crippen molar-refractivity contribution in [1.82, 2.24) is 4.90 Å². The van der Waals surface area contributed by atoms with E-state index < -0.39 is 12.0 Å². The maximum absolute atomic E-state index is 13.1. The normalized spacial score (nSPS) is 29.3. The van der Waals surface area contributed by atoms with Crippen molar-refractivity contribution < 1.29 is 14.3 Å². The van der Waals surface area contributed by atoms with Crippen LogP contribution in [0, 0.1) is 11.7 Å². The minimum atomic E-state index is -0.761. The van der Waals surface area contributed by atoms with E-state index >= 15 is 0 Å². The van der Waals surface area contributed by atoms with Crippen molar-refractivity contribution in [1.29, 1.82) is 0 Å². The number of halogens is 2. The van der Waals surface area contributed by atoms with Crippen LogP contribution in [0.15, 0.2) is 18.2 Å². The summed E-state index contributed by atoms with van der Waals surface area (Å²) in [4.78, 5) is 13.6. The second-order valence-electron chi connectivity index (χ2n) is 6.11. The van der Waals surface area contributed by atoms with Gasteiger partial charge in [0.05, 0.1) is 0 Å². The van der Waals surface area contributed by atoms with Crippen LogP contribution in [0.25, 0.3) is 0 Å². The molecule has 1 saturated heterocycles.